The van der Waals surface area contributed by atoms with Gasteiger partial charge in [0, 0.05) is 24.9 Å². The fourth-order valence-electron chi connectivity index (χ4n) is 3.88. The maximum atomic E-state index is 13.1. The van der Waals surface area contributed by atoms with Crippen LogP contribution >= 0.6 is 11.3 Å². The average Bonchev–Trinajstić information content (AvgIpc) is 3.15. The molecular weight excluding hydrogens is 384 g/mol. The Morgan fingerprint density at radius 2 is 2.07 bits per heavy atom. The molecule has 1 atom stereocenters. The molecular formula is C23H30N2O3S. The van der Waals surface area contributed by atoms with E-state index in [4.69, 9.17) is 4.74 Å². The van der Waals surface area contributed by atoms with Crippen LogP contribution in [0.4, 0.5) is 0 Å². The van der Waals surface area contributed by atoms with Crippen LogP contribution in [0.5, 0.6) is 5.75 Å². The van der Waals surface area contributed by atoms with E-state index >= 15 is 0 Å². The second kappa shape index (κ2) is 9.44. The largest absolute Gasteiger partial charge is 0.491 e. The number of benzene rings is 1. The lowest BCUT2D eigenvalue weighted by atomic mass is 10.00. The highest BCUT2D eigenvalue weighted by atomic mass is 32.1. The molecule has 0 fully saturated rings. The van der Waals surface area contributed by atoms with Crippen molar-refractivity contribution in [1.82, 2.24) is 9.80 Å². The summed E-state index contributed by atoms with van der Waals surface area (Å²) in [5.74, 6) is 0.776. The van der Waals surface area contributed by atoms with Gasteiger partial charge >= 0.3 is 0 Å². The van der Waals surface area contributed by atoms with E-state index in [1.165, 1.54) is 22.9 Å². The predicted molar refractivity (Wildman–Crippen MR) is 116 cm³/mol. The molecule has 0 N–H and O–H groups in total. The van der Waals surface area contributed by atoms with E-state index < -0.39 is 0 Å². The number of carbonyl (C=O) groups excluding carboxylic acids is 2. The van der Waals surface area contributed by atoms with Crippen molar-refractivity contribution in [3.8, 4) is 5.75 Å². The lowest BCUT2D eigenvalue weighted by molar-refractivity contribution is -0.141. The van der Waals surface area contributed by atoms with E-state index in [1.54, 1.807) is 16.2 Å². The first-order valence-electron chi connectivity index (χ1n) is 10.2. The molecule has 5 nitrogen and oxygen atoms in total. The van der Waals surface area contributed by atoms with Crippen molar-refractivity contribution in [3.05, 3.63) is 51.2 Å². The number of carbonyl (C=O) groups is 2. The monoisotopic (exact) mass is 414 g/mol. The molecule has 3 rings (SSSR count). The first-order chi connectivity index (χ1) is 13.9. The number of fused-ring (bicyclic) bond motifs is 1. The summed E-state index contributed by atoms with van der Waals surface area (Å²) < 4.78 is 6.17. The number of hydrogen-bond donors (Lipinski definition) is 0. The topological polar surface area (TPSA) is 49.9 Å². The molecule has 156 valence electrons. The molecule has 0 radical (unpaired) electrons. The van der Waals surface area contributed by atoms with Crippen LogP contribution in [-0.4, -0.2) is 47.9 Å². The van der Waals surface area contributed by atoms with Crippen molar-refractivity contribution in [2.24, 2.45) is 0 Å². The summed E-state index contributed by atoms with van der Waals surface area (Å²) in [4.78, 5) is 29.9. The molecule has 1 aromatic carbocycles. The third-order valence-electron chi connectivity index (χ3n) is 5.41. The van der Waals surface area contributed by atoms with Crippen molar-refractivity contribution in [3.63, 3.8) is 0 Å². The number of rotatable bonds is 7. The summed E-state index contributed by atoms with van der Waals surface area (Å²) in [5, 5.41) is 2.09. The van der Waals surface area contributed by atoms with Crippen molar-refractivity contribution in [2.45, 2.75) is 46.6 Å². The summed E-state index contributed by atoms with van der Waals surface area (Å²) in [6, 6.07) is 8.10. The van der Waals surface area contributed by atoms with E-state index in [0.717, 1.165) is 24.2 Å². The van der Waals surface area contributed by atoms with E-state index in [1.807, 2.05) is 30.9 Å². The Bertz CT molecular complexity index is 877. The van der Waals surface area contributed by atoms with Crippen LogP contribution in [0.15, 0.2) is 29.6 Å². The number of ether oxygens (including phenoxy) is 1. The maximum Gasteiger partial charge on any atom is 0.242 e. The molecule has 1 unspecified atom stereocenters. The van der Waals surface area contributed by atoms with E-state index in [9.17, 15) is 9.59 Å². The van der Waals surface area contributed by atoms with Crippen LogP contribution in [0.2, 0.25) is 0 Å². The average molecular weight is 415 g/mol. The molecule has 0 spiro atoms. The highest BCUT2D eigenvalue weighted by molar-refractivity contribution is 7.10. The zero-order chi connectivity index (χ0) is 21.0. The molecule has 0 aliphatic carbocycles. The standard InChI is InChI=1S/C23H30N2O3S/c1-5-10-24(18(4)26)14-23(27)25-11-8-22-19(9-12-29-22)20(25)15-28-21-7-6-16(2)13-17(21)3/h6-7,9,12-13,20H,5,8,10-11,14-15H2,1-4H3. The van der Waals surface area contributed by atoms with E-state index in [2.05, 4.69) is 24.4 Å². The van der Waals surface area contributed by atoms with E-state index in [0.29, 0.717) is 19.7 Å². The summed E-state index contributed by atoms with van der Waals surface area (Å²) in [6.07, 6.45) is 1.69. The Hall–Kier alpha value is -2.34. The minimum atomic E-state index is -0.131. The first-order valence-corrected chi connectivity index (χ1v) is 11.1. The van der Waals surface area contributed by atoms with Crippen LogP contribution in [0.3, 0.4) is 0 Å². The van der Waals surface area contributed by atoms with Crippen LogP contribution in [0.1, 0.15) is 47.9 Å². The number of nitrogens with zero attached hydrogens (tertiary/aromatic N) is 2. The zero-order valence-electron chi connectivity index (χ0n) is 17.7. The van der Waals surface area contributed by atoms with Gasteiger partial charge in [-0.05, 0) is 55.3 Å². The van der Waals surface area contributed by atoms with Gasteiger partial charge in [-0.1, -0.05) is 24.6 Å². The smallest absolute Gasteiger partial charge is 0.242 e. The SMILES string of the molecule is CCCN(CC(=O)N1CCc2sccc2C1COc1ccc(C)cc1C)C(C)=O. The molecule has 29 heavy (non-hydrogen) atoms. The lowest BCUT2D eigenvalue weighted by Gasteiger charge is -2.37. The van der Waals surface area contributed by atoms with Crippen molar-refractivity contribution in [1.29, 1.82) is 0 Å². The van der Waals surface area contributed by atoms with Gasteiger partial charge in [-0.3, -0.25) is 9.59 Å². The van der Waals surface area contributed by atoms with Gasteiger partial charge in [0.15, 0.2) is 0 Å². The molecule has 0 saturated carbocycles. The second-order valence-corrected chi connectivity index (χ2v) is 8.67. The lowest BCUT2D eigenvalue weighted by Crippen LogP contribution is -2.47. The zero-order valence-corrected chi connectivity index (χ0v) is 18.6. The van der Waals surface area contributed by atoms with Crippen LogP contribution in [0, 0.1) is 13.8 Å². The fraction of sp³-hybridized carbons (Fsp3) is 0.478. The van der Waals surface area contributed by atoms with Gasteiger partial charge in [0.2, 0.25) is 11.8 Å². The Morgan fingerprint density at radius 1 is 1.28 bits per heavy atom. The molecule has 0 saturated heterocycles. The highest BCUT2D eigenvalue weighted by Gasteiger charge is 2.33. The number of aryl methyl sites for hydroxylation is 2. The van der Waals surface area contributed by atoms with Gasteiger partial charge in [-0.15, -0.1) is 11.3 Å². The minimum Gasteiger partial charge on any atom is -0.491 e. The van der Waals surface area contributed by atoms with Crippen molar-refractivity contribution >= 4 is 23.2 Å². The Labute approximate surface area is 177 Å². The molecule has 2 aromatic rings. The van der Waals surface area contributed by atoms with Gasteiger partial charge in [-0.25, -0.2) is 0 Å². The van der Waals surface area contributed by atoms with Gasteiger partial charge < -0.3 is 14.5 Å². The summed E-state index contributed by atoms with van der Waals surface area (Å²) in [7, 11) is 0. The molecule has 0 bridgehead atoms. The molecule has 1 aliphatic heterocycles. The highest BCUT2D eigenvalue weighted by Crippen LogP contribution is 2.34. The minimum absolute atomic E-state index is 0.0141. The molecule has 1 aromatic heterocycles. The van der Waals surface area contributed by atoms with Gasteiger partial charge in [0.1, 0.15) is 12.4 Å². The fourth-order valence-corrected chi connectivity index (χ4v) is 4.80. The second-order valence-electron chi connectivity index (χ2n) is 7.67. The summed E-state index contributed by atoms with van der Waals surface area (Å²) in [5.41, 5.74) is 3.46. The summed E-state index contributed by atoms with van der Waals surface area (Å²) in [6.45, 7) is 9.43. The van der Waals surface area contributed by atoms with Gasteiger partial charge in [0.05, 0.1) is 12.6 Å². The van der Waals surface area contributed by atoms with Crippen LogP contribution in [0.25, 0.3) is 0 Å². The molecule has 2 amide bonds. The van der Waals surface area contributed by atoms with Crippen molar-refractivity contribution in [2.75, 3.05) is 26.2 Å². The van der Waals surface area contributed by atoms with Crippen molar-refractivity contribution < 1.29 is 14.3 Å². The maximum absolute atomic E-state index is 13.1. The van der Waals surface area contributed by atoms with Crippen LogP contribution in [-0.2, 0) is 16.0 Å². The summed E-state index contributed by atoms with van der Waals surface area (Å²) >= 11 is 1.74. The number of hydrogen-bond acceptors (Lipinski definition) is 4. The normalized spacial score (nSPS) is 15.7. The molecule has 2 heterocycles. The van der Waals surface area contributed by atoms with Gasteiger partial charge in [-0.2, -0.15) is 0 Å². The van der Waals surface area contributed by atoms with Gasteiger partial charge in [0.25, 0.3) is 0 Å². The quantitative estimate of drug-likeness (QED) is 0.685. The molecule has 1 aliphatic rings. The molecule has 6 heteroatoms. The Kier molecular flexibility index (Phi) is 6.96. The predicted octanol–water partition coefficient (Wildman–Crippen LogP) is 4.13. The number of amides is 2. The third kappa shape index (κ3) is 4.99. The Morgan fingerprint density at radius 3 is 2.76 bits per heavy atom. The Balaban J connectivity index is 1.78. The van der Waals surface area contributed by atoms with E-state index in [-0.39, 0.29) is 24.4 Å². The number of thiophene rings is 1. The van der Waals surface area contributed by atoms with Crippen LogP contribution < -0.4 is 4.74 Å². The third-order valence-corrected chi connectivity index (χ3v) is 6.40. The first kappa shape index (κ1) is 21.4.